The van der Waals surface area contributed by atoms with Crippen molar-refractivity contribution in [2.24, 2.45) is 5.73 Å². The van der Waals surface area contributed by atoms with Crippen LogP contribution in [0.2, 0.25) is 0 Å². The van der Waals surface area contributed by atoms with Gasteiger partial charge in [0, 0.05) is 19.6 Å². The minimum atomic E-state index is -0.607. The molecule has 7 heteroatoms. The first kappa shape index (κ1) is 11.5. The Morgan fingerprint density at radius 1 is 1.47 bits per heavy atom. The van der Waals surface area contributed by atoms with Crippen molar-refractivity contribution in [3.8, 4) is 0 Å². The molecule has 0 bridgehead atoms. The van der Waals surface area contributed by atoms with Gasteiger partial charge in [-0.15, -0.1) is 0 Å². The lowest BCUT2D eigenvalue weighted by Gasteiger charge is -2.34. The van der Waals surface area contributed by atoms with E-state index in [0.717, 1.165) is 0 Å². The van der Waals surface area contributed by atoms with Crippen LogP contribution < -0.4 is 11.1 Å². The van der Waals surface area contributed by atoms with Crippen molar-refractivity contribution in [1.82, 2.24) is 20.4 Å². The van der Waals surface area contributed by atoms with Crippen molar-refractivity contribution in [3.05, 3.63) is 24.0 Å². The van der Waals surface area contributed by atoms with E-state index in [1.807, 2.05) is 0 Å². The number of carbonyl (C=O) groups excluding carboxylic acids is 2. The van der Waals surface area contributed by atoms with Crippen LogP contribution >= 0.6 is 0 Å². The molecule has 17 heavy (non-hydrogen) atoms. The van der Waals surface area contributed by atoms with Gasteiger partial charge in [0.25, 0.3) is 5.91 Å². The van der Waals surface area contributed by atoms with Crippen LogP contribution in [0.15, 0.2) is 18.5 Å². The summed E-state index contributed by atoms with van der Waals surface area (Å²) in [5, 5.41) is 10.3. The zero-order valence-corrected chi connectivity index (χ0v) is 9.17. The number of nitrogens with zero attached hydrogens (tertiary/aromatic N) is 3. The number of hydrogen-bond donors (Lipinski definition) is 2. The van der Waals surface area contributed by atoms with Crippen LogP contribution in [0.5, 0.6) is 0 Å². The van der Waals surface area contributed by atoms with E-state index in [9.17, 15) is 9.59 Å². The molecule has 1 fully saturated rings. The first-order chi connectivity index (χ1) is 8.20. The van der Waals surface area contributed by atoms with E-state index in [1.165, 1.54) is 17.3 Å². The Morgan fingerprint density at radius 2 is 2.29 bits per heavy atom. The van der Waals surface area contributed by atoms with Gasteiger partial charge >= 0.3 is 0 Å². The number of nitrogens with two attached hydrogens (primary N) is 1. The van der Waals surface area contributed by atoms with Crippen LogP contribution in [0.3, 0.4) is 0 Å². The number of nitrogens with one attached hydrogen (secondary N) is 1. The van der Waals surface area contributed by atoms with Crippen LogP contribution in [0.1, 0.15) is 10.4 Å². The molecular formula is C10H13N5O2. The number of primary amides is 1. The number of carbonyl (C=O) groups is 2. The third kappa shape index (κ3) is 2.39. The molecule has 7 nitrogen and oxygen atoms in total. The summed E-state index contributed by atoms with van der Waals surface area (Å²) >= 11 is 0. The first-order valence-electron chi connectivity index (χ1n) is 5.28. The van der Waals surface area contributed by atoms with Crippen molar-refractivity contribution >= 4 is 11.8 Å². The topological polar surface area (TPSA) is 101 Å². The number of rotatable bonds is 2. The van der Waals surface area contributed by atoms with Gasteiger partial charge < -0.3 is 16.0 Å². The van der Waals surface area contributed by atoms with E-state index >= 15 is 0 Å². The molecule has 1 saturated heterocycles. The maximum Gasteiger partial charge on any atom is 0.256 e. The summed E-state index contributed by atoms with van der Waals surface area (Å²) in [5.74, 6) is -0.752. The van der Waals surface area contributed by atoms with Gasteiger partial charge in [-0.1, -0.05) is 0 Å². The smallest absolute Gasteiger partial charge is 0.256 e. The van der Waals surface area contributed by atoms with Crippen molar-refractivity contribution in [1.29, 1.82) is 0 Å². The number of aromatic nitrogens is 2. The summed E-state index contributed by atoms with van der Waals surface area (Å²) in [5.41, 5.74) is 5.68. The number of hydrogen-bond acceptors (Lipinski definition) is 5. The van der Waals surface area contributed by atoms with Gasteiger partial charge in [0.05, 0.1) is 18.0 Å². The average Bonchev–Trinajstić information content (AvgIpc) is 2.39. The molecular weight excluding hydrogens is 222 g/mol. The highest BCUT2D eigenvalue weighted by molar-refractivity contribution is 5.97. The molecule has 1 aromatic heterocycles. The van der Waals surface area contributed by atoms with Crippen LogP contribution in [-0.2, 0) is 4.79 Å². The fraction of sp³-hybridized carbons (Fsp3) is 0.400. The largest absolute Gasteiger partial charge is 0.368 e. The standard InChI is InChI=1S/C10H13N5O2/c11-9(16)8-6-12-3-4-15(8)10(17)7-1-2-13-14-5-7/h1-2,5,8,12H,3-4,6H2,(H2,11,16). The van der Waals surface area contributed by atoms with Gasteiger partial charge in [0.15, 0.2) is 0 Å². The Morgan fingerprint density at radius 3 is 2.94 bits per heavy atom. The summed E-state index contributed by atoms with van der Waals surface area (Å²) in [6.07, 6.45) is 2.82. The highest BCUT2D eigenvalue weighted by Crippen LogP contribution is 2.09. The Bertz CT molecular complexity index is 422. The molecule has 0 saturated carbocycles. The minimum Gasteiger partial charge on any atom is -0.368 e. The van der Waals surface area contributed by atoms with Crippen LogP contribution in [0.4, 0.5) is 0 Å². The molecule has 2 rings (SSSR count). The highest BCUT2D eigenvalue weighted by atomic mass is 16.2. The molecule has 2 amide bonds. The maximum absolute atomic E-state index is 12.1. The number of piperazine rings is 1. The summed E-state index contributed by atoms with van der Waals surface area (Å²) in [4.78, 5) is 24.9. The van der Waals surface area contributed by atoms with Crippen LogP contribution in [0, 0.1) is 0 Å². The summed E-state index contributed by atoms with van der Waals surface area (Å²) < 4.78 is 0. The lowest BCUT2D eigenvalue weighted by atomic mass is 10.1. The monoisotopic (exact) mass is 235 g/mol. The minimum absolute atomic E-state index is 0.245. The molecule has 1 aliphatic heterocycles. The van der Waals surface area contributed by atoms with Crippen molar-refractivity contribution in [2.45, 2.75) is 6.04 Å². The zero-order valence-electron chi connectivity index (χ0n) is 9.17. The molecule has 0 spiro atoms. The van der Waals surface area contributed by atoms with E-state index in [2.05, 4.69) is 15.5 Å². The molecule has 1 atom stereocenters. The van der Waals surface area contributed by atoms with Crippen molar-refractivity contribution in [3.63, 3.8) is 0 Å². The second kappa shape index (κ2) is 4.88. The molecule has 1 unspecified atom stereocenters. The van der Waals surface area contributed by atoms with Gasteiger partial charge in [0.1, 0.15) is 6.04 Å². The summed E-state index contributed by atoms with van der Waals surface area (Å²) in [6.45, 7) is 1.49. The highest BCUT2D eigenvalue weighted by Gasteiger charge is 2.31. The molecule has 1 aromatic rings. The van der Waals surface area contributed by atoms with Crippen molar-refractivity contribution < 1.29 is 9.59 Å². The molecule has 0 radical (unpaired) electrons. The van der Waals surface area contributed by atoms with E-state index < -0.39 is 11.9 Å². The fourth-order valence-electron chi connectivity index (χ4n) is 1.78. The van der Waals surface area contributed by atoms with Crippen LogP contribution in [0.25, 0.3) is 0 Å². The first-order valence-corrected chi connectivity index (χ1v) is 5.28. The second-order valence-corrected chi connectivity index (χ2v) is 3.75. The SMILES string of the molecule is NC(=O)C1CNCCN1C(=O)c1ccnnc1. The molecule has 1 aliphatic rings. The Hall–Kier alpha value is -2.02. The maximum atomic E-state index is 12.1. The molecule has 90 valence electrons. The lowest BCUT2D eigenvalue weighted by molar-refractivity contribution is -0.122. The van der Waals surface area contributed by atoms with Gasteiger partial charge in [-0.25, -0.2) is 0 Å². The summed E-state index contributed by atoms with van der Waals surface area (Å²) in [6, 6.07) is 0.958. The van der Waals surface area contributed by atoms with E-state index in [4.69, 9.17) is 5.73 Å². The summed E-state index contributed by atoms with van der Waals surface area (Å²) in [7, 11) is 0. The fourth-order valence-corrected chi connectivity index (χ4v) is 1.78. The Labute approximate surface area is 98.0 Å². The Kier molecular flexibility index (Phi) is 3.29. The lowest BCUT2D eigenvalue weighted by Crippen LogP contribution is -2.58. The average molecular weight is 235 g/mol. The molecule has 0 aliphatic carbocycles. The predicted molar refractivity (Wildman–Crippen MR) is 58.9 cm³/mol. The third-order valence-corrected chi connectivity index (χ3v) is 2.66. The predicted octanol–water partition coefficient (Wildman–Crippen LogP) is -1.62. The third-order valence-electron chi connectivity index (χ3n) is 2.66. The van der Waals surface area contributed by atoms with E-state index in [-0.39, 0.29) is 5.91 Å². The molecule has 3 N–H and O–H groups in total. The van der Waals surface area contributed by atoms with E-state index in [1.54, 1.807) is 6.07 Å². The number of amides is 2. The van der Waals surface area contributed by atoms with Gasteiger partial charge in [-0.2, -0.15) is 10.2 Å². The molecule has 2 heterocycles. The zero-order chi connectivity index (χ0) is 12.3. The second-order valence-electron chi connectivity index (χ2n) is 3.75. The van der Waals surface area contributed by atoms with Crippen molar-refractivity contribution in [2.75, 3.05) is 19.6 Å². The van der Waals surface area contributed by atoms with Crippen LogP contribution in [-0.4, -0.2) is 52.6 Å². The van der Waals surface area contributed by atoms with Gasteiger partial charge in [-0.05, 0) is 6.07 Å². The molecule has 0 aromatic carbocycles. The van der Waals surface area contributed by atoms with Gasteiger partial charge in [0.2, 0.25) is 5.91 Å². The van der Waals surface area contributed by atoms with Gasteiger partial charge in [-0.3, -0.25) is 9.59 Å². The Balaban J connectivity index is 2.20. The normalized spacial score (nSPS) is 20.0. The van der Waals surface area contributed by atoms with E-state index in [0.29, 0.717) is 25.2 Å². The quantitative estimate of drug-likeness (QED) is 0.641.